The van der Waals surface area contributed by atoms with E-state index in [1.807, 2.05) is 0 Å². The lowest BCUT2D eigenvalue weighted by Gasteiger charge is -2.16. The predicted molar refractivity (Wildman–Crippen MR) is 76.0 cm³/mol. The van der Waals surface area contributed by atoms with Crippen molar-refractivity contribution in [2.75, 3.05) is 6.61 Å². The molecule has 0 spiro atoms. The third-order valence-corrected chi connectivity index (χ3v) is 5.43. The smallest absolute Gasteiger partial charge is 0.275 e. The van der Waals surface area contributed by atoms with Crippen LogP contribution >= 0.6 is 11.3 Å². The summed E-state index contributed by atoms with van der Waals surface area (Å²) in [5.74, 6) is -0.456. The molecule has 21 heavy (non-hydrogen) atoms. The van der Waals surface area contributed by atoms with Crippen molar-refractivity contribution in [2.24, 2.45) is 0 Å². The molecule has 0 fully saturated rings. The first-order chi connectivity index (χ1) is 9.99. The lowest BCUT2D eigenvalue weighted by molar-refractivity contribution is 0.0985. The zero-order chi connectivity index (χ0) is 15.0. The van der Waals surface area contributed by atoms with Gasteiger partial charge in [0.1, 0.15) is 0 Å². The number of fused-ring (bicyclic) bond motifs is 1. The van der Waals surface area contributed by atoms with Crippen LogP contribution in [0, 0.1) is 6.92 Å². The molecule has 0 saturated carbocycles. The minimum atomic E-state index is -4.00. The third kappa shape index (κ3) is 2.54. The number of sulfonamides is 1. The first-order valence-electron chi connectivity index (χ1n) is 6.29. The van der Waals surface area contributed by atoms with Gasteiger partial charge in [0.25, 0.3) is 15.9 Å². The highest BCUT2D eigenvalue weighted by molar-refractivity contribution is 7.90. The number of aryl methyl sites for hydroxylation is 2. The molecule has 0 unspecified atom stereocenters. The fourth-order valence-electron chi connectivity index (χ4n) is 2.06. The van der Waals surface area contributed by atoms with Crippen LogP contribution in [0.25, 0.3) is 0 Å². The van der Waals surface area contributed by atoms with E-state index in [2.05, 4.69) is 9.82 Å². The molecule has 0 radical (unpaired) electrons. The number of rotatable bonds is 3. The standard InChI is InChI=1S/C12H13N3O4S2/c1-8-3-6-20-10(8)11(16)14-21(17,18)9-7-13-15-4-2-5-19-12(9)15/h3,6-7H,2,4-5H2,1H3,(H,14,16). The number of nitrogens with zero attached hydrogens (tertiary/aromatic N) is 2. The van der Waals surface area contributed by atoms with Crippen LogP contribution in [0.4, 0.5) is 0 Å². The fourth-order valence-corrected chi connectivity index (χ4v) is 3.98. The number of carbonyl (C=O) groups is 1. The first-order valence-corrected chi connectivity index (χ1v) is 8.65. The average molecular weight is 327 g/mol. The van der Waals surface area contributed by atoms with E-state index in [9.17, 15) is 13.2 Å². The van der Waals surface area contributed by atoms with Crippen molar-refractivity contribution in [1.29, 1.82) is 0 Å². The minimum absolute atomic E-state index is 0.107. The molecule has 1 N–H and O–H groups in total. The molecule has 9 heteroatoms. The van der Waals surface area contributed by atoms with Gasteiger partial charge < -0.3 is 4.74 Å². The van der Waals surface area contributed by atoms with E-state index >= 15 is 0 Å². The number of amides is 1. The van der Waals surface area contributed by atoms with Crippen LogP contribution in [-0.4, -0.2) is 30.7 Å². The van der Waals surface area contributed by atoms with Crippen LogP contribution in [0.15, 0.2) is 22.5 Å². The molecular formula is C12H13N3O4S2. The van der Waals surface area contributed by atoms with Gasteiger partial charge in [-0.1, -0.05) is 0 Å². The molecule has 1 aliphatic heterocycles. The zero-order valence-electron chi connectivity index (χ0n) is 11.2. The van der Waals surface area contributed by atoms with Crippen molar-refractivity contribution < 1.29 is 17.9 Å². The monoisotopic (exact) mass is 327 g/mol. The number of hydrogen-bond acceptors (Lipinski definition) is 6. The van der Waals surface area contributed by atoms with E-state index in [0.29, 0.717) is 18.0 Å². The van der Waals surface area contributed by atoms with Crippen LogP contribution in [0.3, 0.4) is 0 Å². The second-order valence-corrected chi connectivity index (χ2v) is 7.17. The molecular weight excluding hydrogens is 314 g/mol. The molecule has 2 aromatic rings. The van der Waals surface area contributed by atoms with Gasteiger partial charge in [0.05, 0.1) is 17.7 Å². The number of hydrogen-bond donors (Lipinski definition) is 1. The number of aromatic nitrogens is 2. The Morgan fingerprint density at radius 1 is 1.52 bits per heavy atom. The van der Waals surface area contributed by atoms with Crippen LogP contribution in [0.1, 0.15) is 21.7 Å². The molecule has 0 saturated heterocycles. The first kappa shape index (κ1) is 14.1. The van der Waals surface area contributed by atoms with Crippen molar-refractivity contribution in [2.45, 2.75) is 24.8 Å². The fraction of sp³-hybridized carbons (Fsp3) is 0.333. The molecule has 0 aliphatic carbocycles. The maximum Gasteiger partial charge on any atom is 0.275 e. The highest BCUT2D eigenvalue weighted by Gasteiger charge is 2.29. The Morgan fingerprint density at radius 3 is 3.05 bits per heavy atom. The van der Waals surface area contributed by atoms with E-state index in [1.165, 1.54) is 22.2 Å². The summed E-state index contributed by atoms with van der Waals surface area (Å²) < 4.78 is 33.5. The van der Waals surface area contributed by atoms with E-state index in [-0.39, 0.29) is 10.8 Å². The van der Waals surface area contributed by atoms with Crippen LogP contribution in [0.2, 0.25) is 0 Å². The summed E-state index contributed by atoms with van der Waals surface area (Å²) in [6.07, 6.45) is 1.98. The number of ether oxygens (including phenoxy) is 1. The van der Waals surface area contributed by atoms with Crippen molar-refractivity contribution in [3.05, 3.63) is 28.1 Å². The molecule has 1 amide bonds. The number of carbonyl (C=O) groups excluding carboxylic acids is 1. The molecule has 0 bridgehead atoms. The molecule has 7 nitrogen and oxygen atoms in total. The highest BCUT2D eigenvalue weighted by Crippen LogP contribution is 2.27. The Kier molecular flexibility index (Phi) is 3.46. The Hall–Kier alpha value is -1.87. The van der Waals surface area contributed by atoms with Gasteiger partial charge in [0.2, 0.25) is 5.88 Å². The Bertz CT molecular complexity index is 791. The van der Waals surface area contributed by atoms with E-state index in [0.717, 1.165) is 12.0 Å². The second kappa shape index (κ2) is 5.15. The molecule has 1 aliphatic rings. The molecule has 0 atom stereocenters. The largest absolute Gasteiger partial charge is 0.477 e. The Labute approximate surface area is 125 Å². The van der Waals surface area contributed by atoms with Gasteiger partial charge in [-0.05, 0) is 23.9 Å². The van der Waals surface area contributed by atoms with E-state index < -0.39 is 15.9 Å². The summed E-state index contributed by atoms with van der Waals surface area (Å²) >= 11 is 1.20. The molecule has 3 rings (SSSR count). The summed E-state index contributed by atoms with van der Waals surface area (Å²) in [7, 11) is -4.00. The summed E-state index contributed by atoms with van der Waals surface area (Å²) in [6.45, 7) is 2.79. The normalized spacial score (nSPS) is 14.3. The summed E-state index contributed by atoms with van der Waals surface area (Å²) in [5, 5.41) is 5.71. The SMILES string of the molecule is Cc1ccsc1C(=O)NS(=O)(=O)c1cnn2c1OCCC2. The highest BCUT2D eigenvalue weighted by atomic mass is 32.2. The van der Waals surface area contributed by atoms with Crippen molar-refractivity contribution in [3.8, 4) is 5.88 Å². The molecule has 0 aromatic carbocycles. The van der Waals surface area contributed by atoms with Gasteiger partial charge in [-0.2, -0.15) is 5.10 Å². The predicted octanol–water partition coefficient (Wildman–Crippen LogP) is 1.15. The topological polar surface area (TPSA) is 90.3 Å². The van der Waals surface area contributed by atoms with Crippen molar-refractivity contribution in [3.63, 3.8) is 0 Å². The maximum absolute atomic E-state index is 12.3. The third-order valence-electron chi connectivity index (χ3n) is 3.10. The van der Waals surface area contributed by atoms with Gasteiger partial charge in [-0.3, -0.25) is 4.79 Å². The van der Waals surface area contributed by atoms with Crippen LogP contribution in [0.5, 0.6) is 5.88 Å². The van der Waals surface area contributed by atoms with Gasteiger partial charge in [-0.15, -0.1) is 11.3 Å². The lowest BCUT2D eigenvalue weighted by Crippen LogP contribution is -2.31. The van der Waals surface area contributed by atoms with Crippen LogP contribution in [-0.2, 0) is 16.6 Å². The minimum Gasteiger partial charge on any atom is -0.477 e. The Balaban J connectivity index is 1.89. The lowest BCUT2D eigenvalue weighted by atomic mass is 10.3. The van der Waals surface area contributed by atoms with Crippen LogP contribution < -0.4 is 9.46 Å². The number of thiophene rings is 1. The molecule has 3 heterocycles. The quantitative estimate of drug-likeness (QED) is 0.913. The van der Waals surface area contributed by atoms with Gasteiger partial charge >= 0.3 is 0 Å². The number of nitrogens with one attached hydrogen (secondary N) is 1. The van der Waals surface area contributed by atoms with E-state index in [4.69, 9.17) is 4.74 Å². The zero-order valence-corrected chi connectivity index (χ0v) is 12.8. The molecule has 112 valence electrons. The average Bonchev–Trinajstić information content (AvgIpc) is 3.04. The summed E-state index contributed by atoms with van der Waals surface area (Å²) in [6, 6.07) is 1.76. The summed E-state index contributed by atoms with van der Waals surface area (Å²) in [4.78, 5) is 12.3. The molecule has 2 aromatic heterocycles. The van der Waals surface area contributed by atoms with Gasteiger partial charge in [-0.25, -0.2) is 17.8 Å². The van der Waals surface area contributed by atoms with E-state index in [1.54, 1.807) is 18.4 Å². The summed E-state index contributed by atoms with van der Waals surface area (Å²) in [5.41, 5.74) is 0.737. The van der Waals surface area contributed by atoms with Crippen molar-refractivity contribution >= 4 is 27.3 Å². The van der Waals surface area contributed by atoms with Gasteiger partial charge in [0.15, 0.2) is 4.90 Å². The van der Waals surface area contributed by atoms with Crippen molar-refractivity contribution in [1.82, 2.24) is 14.5 Å². The second-order valence-electron chi connectivity index (χ2n) is 4.61. The Morgan fingerprint density at radius 2 is 2.33 bits per heavy atom. The maximum atomic E-state index is 12.3. The van der Waals surface area contributed by atoms with Gasteiger partial charge in [0, 0.05) is 13.0 Å².